The number of carbonyl (C=O) groups excluding carboxylic acids is 1. The first-order valence-corrected chi connectivity index (χ1v) is 6.32. The summed E-state index contributed by atoms with van der Waals surface area (Å²) in [5, 5.41) is 0. The molecule has 0 N–H and O–H groups in total. The number of furan rings is 1. The normalized spacial score (nSPS) is 22.2. The summed E-state index contributed by atoms with van der Waals surface area (Å²) in [6.45, 7) is 1.58. The van der Waals surface area contributed by atoms with Gasteiger partial charge in [0.15, 0.2) is 0 Å². The minimum atomic E-state index is -5.91. The molecule has 1 fully saturated rings. The van der Waals surface area contributed by atoms with Crippen LogP contribution in [0.2, 0.25) is 0 Å². The number of nitrogens with zero attached hydrogens (tertiary/aromatic N) is 1. The van der Waals surface area contributed by atoms with Gasteiger partial charge >= 0.3 is 18.0 Å². The number of hydrogen-bond donors (Lipinski definition) is 0. The zero-order valence-corrected chi connectivity index (χ0v) is 11.4. The van der Waals surface area contributed by atoms with E-state index < -0.39 is 24.6 Å². The third kappa shape index (κ3) is 3.03. The fraction of sp³-hybridized carbons (Fsp3) is 0.615. The molecule has 1 aromatic rings. The molecule has 118 valence electrons. The first-order valence-electron chi connectivity index (χ1n) is 6.32. The Labute approximate surface area is 117 Å². The first kappa shape index (κ1) is 15.8. The van der Waals surface area contributed by atoms with Gasteiger partial charge in [-0.15, -0.1) is 0 Å². The van der Waals surface area contributed by atoms with Crippen LogP contribution in [0, 0.1) is 5.92 Å². The van der Waals surface area contributed by atoms with Gasteiger partial charge in [0, 0.05) is 13.0 Å². The molecule has 1 heterocycles. The predicted octanol–water partition coefficient (Wildman–Crippen LogP) is 3.56. The van der Waals surface area contributed by atoms with Gasteiger partial charge in [0.05, 0.1) is 6.54 Å². The summed E-state index contributed by atoms with van der Waals surface area (Å²) >= 11 is 0. The molecular weight excluding hydrogens is 297 g/mol. The second kappa shape index (κ2) is 4.99. The molecule has 8 heteroatoms. The van der Waals surface area contributed by atoms with Crippen LogP contribution in [0.4, 0.5) is 22.0 Å². The molecule has 2 unspecified atom stereocenters. The lowest BCUT2D eigenvalue weighted by atomic mass is 10.2. The average molecular weight is 311 g/mol. The smallest absolute Gasteiger partial charge is 0.463 e. The number of alkyl halides is 5. The van der Waals surface area contributed by atoms with Crippen LogP contribution in [0.15, 0.2) is 16.5 Å². The lowest BCUT2D eigenvalue weighted by Crippen LogP contribution is -2.50. The van der Waals surface area contributed by atoms with Crippen molar-refractivity contribution in [2.45, 2.75) is 37.9 Å². The Morgan fingerprint density at radius 2 is 1.90 bits per heavy atom. The van der Waals surface area contributed by atoms with Crippen molar-refractivity contribution in [3.05, 3.63) is 23.7 Å². The van der Waals surface area contributed by atoms with Crippen molar-refractivity contribution >= 4 is 5.91 Å². The van der Waals surface area contributed by atoms with Gasteiger partial charge in [0.25, 0.3) is 0 Å². The van der Waals surface area contributed by atoms with E-state index in [1.807, 2.05) is 6.92 Å². The zero-order chi connectivity index (χ0) is 16.0. The molecule has 0 bridgehead atoms. The van der Waals surface area contributed by atoms with E-state index in [0.29, 0.717) is 16.6 Å². The first-order chi connectivity index (χ1) is 9.54. The maximum Gasteiger partial charge on any atom is 0.463 e. The van der Waals surface area contributed by atoms with E-state index in [0.717, 1.165) is 13.5 Å². The molecule has 21 heavy (non-hydrogen) atoms. The second-order valence-electron chi connectivity index (χ2n) is 5.36. The molecule has 1 saturated carbocycles. The third-order valence-electron chi connectivity index (χ3n) is 3.52. The van der Waals surface area contributed by atoms with Gasteiger partial charge in [-0.3, -0.25) is 4.79 Å². The van der Waals surface area contributed by atoms with E-state index in [1.54, 1.807) is 6.07 Å². The van der Waals surface area contributed by atoms with Crippen LogP contribution in [0.25, 0.3) is 0 Å². The Kier molecular flexibility index (Phi) is 3.75. The molecule has 0 spiro atoms. The van der Waals surface area contributed by atoms with E-state index >= 15 is 0 Å². The van der Waals surface area contributed by atoms with Crippen LogP contribution in [-0.2, 0) is 11.3 Å². The maximum absolute atomic E-state index is 12.9. The van der Waals surface area contributed by atoms with Crippen molar-refractivity contribution in [3.63, 3.8) is 0 Å². The van der Waals surface area contributed by atoms with Crippen molar-refractivity contribution in [1.82, 2.24) is 4.90 Å². The summed E-state index contributed by atoms with van der Waals surface area (Å²) in [4.78, 5) is 11.5. The highest BCUT2D eigenvalue weighted by molar-refractivity contribution is 5.84. The summed E-state index contributed by atoms with van der Waals surface area (Å²) in [5.74, 6) is -6.12. The molecule has 3 nitrogen and oxygen atoms in total. The van der Waals surface area contributed by atoms with Gasteiger partial charge < -0.3 is 9.32 Å². The summed E-state index contributed by atoms with van der Waals surface area (Å²) in [5.41, 5.74) is 0. The predicted molar refractivity (Wildman–Crippen MR) is 62.7 cm³/mol. The van der Waals surface area contributed by atoms with Gasteiger partial charge in [-0.1, -0.05) is 6.92 Å². The molecule has 0 saturated heterocycles. The van der Waals surface area contributed by atoms with E-state index in [-0.39, 0.29) is 11.7 Å². The Morgan fingerprint density at radius 3 is 2.38 bits per heavy atom. The fourth-order valence-corrected chi connectivity index (χ4v) is 2.06. The molecule has 0 radical (unpaired) electrons. The van der Waals surface area contributed by atoms with E-state index in [2.05, 4.69) is 0 Å². The quantitative estimate of drug-likeness (QED) is 0.797. The van der Waals surface area contributed by atoms with E-state index in [1.165, 1.54) is 6.07 Å². The van der Waals surface area contributed by atoms with Gasteiger partial charge in [-0.05, 0) is 24.5 Å². The van der Waals surface area contributed by atoms with Crippen molar-refractivity contribution in [2.75, 3.05) is 7.05 Å². The largest absolute Gasteiger partial charge is 0.464 e. The van der Waals surface area contributed by atoms with Gasteiger partial charge in [-0.2, -0.15) is 22.0 Å². The number of halogens is 5. The molecule has 1 aliphatic carbocycles. The third-order valence-corrected chi connectivity index (χ3v) is 3.52. The number of rotatable bonds is 4. The Balaban J connectivity index is 2.02. The average Bonchev–Trinajstić information content (AvgIpc) is 2.91. The highest BCUT2D eigenvalue weighted by atomic mass is 19.4. The summed E-state index contributed by atoms with van der Waals surface area (Å²) in [6, 6.07) is 3.14. The summed E-state index contributed by atoms with van der Waals surface area (Å²) in [6.07, 6.45) is -4.95. The lowest BCUT2D eigenvalue weighted by molar-refractivity contribution is -0.274. The van der Waals surface area contributed by atoms with Crippen LogP contribution >= 0.6 is 0 Å². The van der Waals surface area contributed by atoms with Crippen molar-refractivity contribution in [3.8, 4) is 0 Å². The zero-order valence-electron chi connectivity index (χ0n) is 11.4. The Hall–Kier alpha value is -1.60. The van der Waals surface area contributed by atoms with Gasteiger partial charge in [0.1, 0.15) is 11.5 Å². The summed E-state index contributed by atoms with van der Waals surface area (Å²) in [7, 11) is 0.879. The fourth-order valence-electron chi connectivity index (χ4n) is 2.06. The van der Waals surface area contributed by atoms with Crippen LogP contribution in [-0.4, -0.2) is 30.0 Å². The Bertz CT molecular complexity index is 537. The van der Waals surface area contributed by atoms with Crippen molar-refractivity contribution in [2.24, 2.45) is 5.92 Å². The molecule has 0 aromatic carbocycles. The summed E-state index contributed by atoms with van der Waals surface area (Å²) < 4.78 is 67.6. The molecule has 1 aliphatic rings. The minimum absolute atomic E-state index is 0.179. The van der Waals surface area contributed by atoms with Crippen molar-refractivity contribution in [1.29, 1.82) is 0 Å². The molecule has 1 amide bonds. The van der Waals surface area contributed by atoms with Gasteiger partial charge in [-0.25, -0.2) is 0 Å². The molecule has 2 rings (SSSR count). The topological polar surface area (TPSA) is 33.5 Å². The maximum atomic E-state index is 12.9. The Morgan fingerprint density at radius 1 is 1.33 bits per heavy atom. The van der Waals surface area contributed by atoms with Crippen LogP contribution < -0.4 is 0 Å². The van der Waals surface area contributed by atoms with Crippen LogP contribution in [0.3, 0.4) is 0 Å². The molecule has 2 atom stereocenters. The van der Waals surface area contributed by atoms with Crippen LogP contribution in [0.5, 0.6) is 0 Å². The SMILES string of the molecule is CC1CC1c1ccc(CN(C)C(=O)C(F)(F)C(F)(F)F)o1. The number of carbonyl (C=O) groups is 1. The molecular formula is C13H14F5NO2. The minimum Gasteiger partial charge on any atom is -0.464 e. The van der Waals surface area contributed by atoms with E-state index in [4.69, 9.17) is 4.42 Å². The lowest BCUT2D eigenvalue weighted by Gasteiger charge is -2.24. The highest BCUT2D eigenvalue weighted by Crippen LogP contribution is 2.47. The monoisotopic (exact) mass is 311 g/mol. The van der Waals surface area contributed by atoms with Crippen LogP contribution in [0.1, 0.15) is 30.8 Å². The highest BCUT2D eigenvalue weighted by Gasteiger charge is 2.64. The second-order valence-corrected chi connectivity index (χ2v) is 5.36. The van der Waals surface area contributed by atoms with E-state index in [9.17, 15) is 26.7 Å². The number of hydrogen-bond acceptors (Lipinski definition) is 2. The molecule has 1 aromatic heterocycles. The van der Waals surface area contributed by atoms with Crippen molar-refractivity contribution < 1.29 is 31.2 Å². The standard InChI is InChI=1S/C13H14F5NO2/c1-7-5-9(7)10-4-3-8(21-10)6-19(2)11(20)12(14,15)13(16,17)18/h3-4,7,9H,5-6H2,1-2H3. The van der Waals surface area contributed by atoms with Gasteiger partial charge in [0.2, 0.25) is 0 Å². The molecule has 0 aliphatic heterocycles. The number of amides is 1.